The number of rotatable bonds is 5. The molecule has 0 bridgehead atoms. The molecule has 72 valence electrons. The largest absolute Gasteiger partial charge is 0.469 e. The molecule has 4 N–H and O–H groups in total. The van der Waals surface area contributed by atoms with Crippen LogP contribution in [0.3, 0.4) is 0 Å². The fourth-order valence-electron chi connectivity index (χ4n) is 0.394. The molecular formula is C4H9O7P. The van der Waals surface area contributed by atoms with Crippen molar-refractivity contribution in [2.45, 2.75) is 12.7 Å². The molecular weight excluding hydrogens is 191 g/mol. The number of hydrogen-bond acceptors (Lipinski definition) is 5. The summed E-state index contributed by atoms with van der Waals surface area (Å²) in [4.78, 5) is 26.6. The fourth-order valence-corrected chi connectivity index (χ4v) is 0.723. The van der Waals surface area contributed by atoms with Gasteiger partial charge in [0.05, 0.1) is 6.61 Å². The first kappa shape index (κ1) is 11.7. The summed E-state index contributed by atoms with van der Waals surface area (Å²) in [5, 5.41) is 16.4. The van der Waals surface area contributed by atoms with Crippen LogP contribution < -0.4 is 0 Å². The monoisotopic (exact) mass is 200 g/mol. The lowest BCUT2D eigenvalue weighted by molar-refractivity contribution is -0.145. The van der Waals surface area contributed by atoms with E-state index in [1.807, 2.05) is 0 Å². The summed E-state index contributed by atoms with van der Waals surface area (Å²) in [6, 6.07) is 0. The predicted octanol–water partition coefficient (Wildman–Crippen LogP) is -1.63. The van der Waals surface area contributed by atoms with E-state index in [1.165, 1.54) is 0 Å². The maximum Gasteiger partial charge on any atom is 0.469 e. The zero-order valence-electron chi connectivity index (χ0n) is 5.95. The van der Waals surface area contributed by atoms with Gasteiger partial charge in [-0.1, -0.05) is 0 Å². The fraction of sp³-hybridized carbons (Fsp3) is 0.750. The van der Waals surface area contributed by atoms with Gasteiger partial charge < -0.3 is 20.0 Å². The Balaban J connectivity index is 3.58. The van der Waals surface area contributed by atoms with Crippen LogP contribution in [-0.2, 0) is 13.9 Å². The van der Waals surface area contributed by atoms with Gasteiger partial charge in [0, 0.05) is 6.42 Å². The number of aliphatic hydroxyl groups excluding tert-OH is 1. The molecule has 0 heterocycles. The molecule has 0 aliphatic heterocycles. The smallest absolute Gasteiger partial charge is 0.362 e. The number of Topliss-reactive ketones (excluding diaryl/α,β-unsaturated/α-hetero) is 1. The van der Waals surface area contributed by atoms with Gasteiger partial charge in [-0.3, -0.25) is 9.32 Å². The highest BCUT2D eigenvalue weighted by molar-refractivity contribution is 7.46. The summed E-state index contributed by atoms with van der Waals surface area (Å²) in [6.07, 6.45) is -2.58. The molecule has 0 aliphatic rings. The number of aliphatic hydroxyl groups is 2. The van der Waals surface area contributed by atoms with Gasteiger partial charge in [0.15, 0.2) is 5.78 Å². The maximum absolute atomic E-state index is 10.4. The van der Waals surface area contributed by atoms with Crippen LogP contribution in [0.25, 0.3) is 0 Å². The quantitative estimate of drug-likeness (QED) is 0.310. The number of carbonyl (C=O) groups is 1. The molecule has 0 atom stereocenters. The molecule has 0 rings (SSSR count). The predicted molar refractivity (Wildman–Crippen MR) is 35.8 cm³/mol. The third-order valence-corrected chi connectivity index (χ3v) is 1.41. The topological polar surface area (TPSA) is 124 Å². The second-order valence-corrected chi connectivity index (χ2v) is 3.15. The normalized spacial score (nSPS) is 12.1. The molecule has 8 heteroatoms. The molecule has 0 unspecified atom stereocenters. The summed E-state index contributed by atoms with van der Waals surface area (Å²) in [7, 11) is -4.57. The lowest BCUT2D eigenvalue weighted by Gasteiger charge is -2.04. The average molecular weight is 200 g/mol. The second kappa shape index (κ2) is 4.66. The highest BCUT2D eigenvalue weighted by Crippen LogP contribution is 2.35. The number of phosphoric ester groups is 1. The number of hydrogen-bond donors (Lipinski definition) is 4. The van der Waals surface area contributed by atoms with Gasteiger partial charge in [-0.15, -0.1) is 0 Å². The Hall–Kier alpha value is -0.300. The summed E-state index contributed by atoms with van der Waals surface area (Å²) < 4.78 is 13.9. The Kier molecular flexibility index (Phi) is 4.54. The van der Waals surface area contributed by atoms with Gasteiger partial charge in [0.25, 0.3) is 0 Å². The van der Waals surface area contributed by atoms with E-state index in [0.29, 0.717) is 0 Å². The molecule has 12 heavy (non-hydrogen) atoms. The van der Waals surface area contributed by atoms with Crippen molar-refractivity contribution < 1.29 is 33.9 Å². The van der Waals surface area contributed by atoms with E-state index in [1.54, 1.807) is 0 Å². The van der Waals surface area contributed by atoms with E-state index in [-0.39, 0.29) is 0 Å². The third-order valence-electron chi connectivity index (χ3n) is 0.896. The molecule has 0 saturated heterocycles. The van der Waals surface area contributed by atoms with E-state index < -0.39 is 32.9 Å². The van der Waals surface area contributed by atoms with Crippen LogP contribution in [0.4, 0.5) is 0 Å². The van der Waals surface area contributed by atoms with Crippen molar-refractivity contribution in [2.24, 2.45) is 0 Å². The molecule has 0 radical (unpaired) electrons. The Morgan fingerprint density at radius 2 is 1.92 bits per heavy atom. The summed E-state index contributed by atoms with van der Waals surface area (Å²) >= 11 is 0. The zero-order valence-corrected chi connectivity index (χ0v) is 6.85. The van der Waals surface area contributed by atoms with Gasteiger partial charge in [-0.05, 0) is 0 Å². The number of carbonyl (C=O) groups excluding carboxylic acids is 1. The van der Waals surface area contributed by atoms with Crippen LogP contribution in [0.15, 0.2) is 0 Å². The van der Waals surface area contributed by atoms with Gasteiger partial charge >= 0.3 is 7.82 Å². The van der Waals surface area contributed by atoms with E-state index in [9.17, 15) is 9.36 Å². The lowest BCUT2D eigenvalue weighted by Crippen LogP contribution is -2.20. The Morgan fingerprint density at radius 3 is 2.25 bits per heavy atom. The Labute approximate surface area is 67.8 Å². The summed E-state index contributed by atoms with van der Waals surface area (Å²) in [5.41, 5.74) is 0. The standard InChI is InChI=1S/C4H9O7P/c5-3(4(6)7)1-2-11-12(8,9)10/h4,6-7H,1-2H2,(H2,8,9,10). The highest BCUT2D eigenvalue weighted by atomic mass is 31.2. The van der Waals surface area contributed by atoms with E-state index in [2.05, 4.69) is 4.52 Å². The molecule has 0 aromatic carbocycles. The minimum absolute atomic E-state index is 0.456. The third kappa shape index (κ3) is 6.41. The van der Waals surface area contributed by atoms with Gasteiger partial charge in [0.1, 0.15) is 0 Å². The van der Waals surface area contributed by atoms with Crippen molar-refractivity contribution >= 4 is 13.6 Å². The van der Waals surface area contributed by atoms with Crippen molar-refractivity contribution in [3.05, 3.63) is 0 Å². The molecule has 0 saturated carbocycles. The van der Waals surface area contributed by atoms with Crippen LogP contribution in [0.5, 0.6) is 0 Å². The van der Waals surface area contributed by atoms with Gasteiger partial charge in [-0.2, -0.15) is 0 Å². The first-order valence-electron chi connectivity index (χ1n) is 2.92. The molecule has 0 aromatic rings. The van der Waals surface area contributed by atoms with E-state index in [4.69, 9.17) is 20.0 Å². The van der Waals surface area contributed by atoms with E-state index >= 15 is 0 Å². The van der Waals surface area contributed by atoms with Crippen LogP contribution >= 0.6 is 7.82 Å². The number of phosphoric acid groups is 1. The SMILES string of the molecule is O=C(CCOP(=O)(O)O)C(O)O. The first-order valence-corrected chi connectivity index (χ1v) is 4.45. The van der Waals surface area contributed by atoms with Crippen molar-refractivity contribution in [3.8, 4) is 0 Å². The summed E-state index contributed by atoms with van der Waals surface area (Å²) in [5.74, 6) is -0.955. The number of ketones is 1. The molecule has 0 amide bonds. The minimum Gasteiger partial charge on any atom is -0.362 e. The van der Waals surface area contributed by atoms with Crippen molar-refractivity contribution in [3.63, 3.8) is 0 Å². The molecule has 0 fully saturated rings. The molecule has 0 aromatic heterocycles. The van der Waals surface area contributed by atoms with Crippen molar-refractivity contribution in [1.82, 2.24) is 0 Å². The average Bonchev–Trinajstić information content (AvgIpc) is 1.84. The summed E-state index contributed by atoms with van der Waals surface area (Å²) in [6.45, 7) is -0.541. The van der Waals surface area contributed by atoms with Crippen LogP contribution in [-0.4, -0.2) is 38.7 Å². The van der Waals surface area contributed by atoms with Crippen molar-refractivity contribution in [2.75, 3.05) is 6.61 Å². The Bertz CT molecular complexity index is 194. The maximum atomic E-state index is 10.4. The van der Waals surface area contributed by atoms with Crippen LogP contribution in [0, 0.1) is 0 Å². The second-order valence-electron chi connectivity index (χ2n) is 1.91. The lowest BCUT2D eigenvalue weighted by atomic mass is 10.3. The molecule has 0 spiro atoms. The van der Waals surface area contributed by atoms with Crippen molar-refractivity contribution in [1.29, 1.82) is 0 Å². The Morgan fingerprint density at radius 1 is 1.42 bits per heavy atom. The highest BCUT2D eigenvalue weighted by Gasteiger charge is 2.16. The minimum atomic E-state index is -4.57. The zero-order chi connectivity index (χ0) is 9.78. The molecule has 0 aliphatic carbocycles. The molecule has 7 nitrogen and oxygen atoms in total. The van der Waals surface area contributed by atoms with Crippen LogP contribution in [0.1, 0.15) is 6.42 Å². The van der Waals surface area contributed by atoms with Gasteiger partial charge in [-0.25, -0.2) is 4.57 Å². The van der Waals surface area contributed by atoms with Crippen LogP contribution in [0.2, 0.25) is 0 Å². The first-order chi connectivity index (χ1) is 5.33. The van der Waals surface area contributed by atoms with E-state index in [0.717, 1.165) is 0 Å². The van der Waals surface area contributed by atoms with Gasteiger partial charge in [0.2, 0.25) is 6.29 Å².